The highest BCUT2D eigenvalue weighted by atomic mass is 32.2. The largest absolute Gasteiger partial charge is 0.326 e. The van der Waals surface area contributed by atoms with Crippen LogP contribution in [0.2, 0.25) is 0 Å². The summed E-state index contributed by atoms with van der Waals surface area (Å²) in [6, 6.07) is 13.0. The van der Waals surface area contributed by atoms with Gasteiger partial charge in [-0.3, -0.25) is 4.79 Å². The second-order valence-corrected chi connectivity index (χ2v) is 9.65. The molecule has 1 saturated heterocycles. The number of halogens is 1. The van der Waals surface area contributed by atoms with Crippen LogP contribution in [0.4, 0.5) is 10.1 Å². The highest BCUT2D eigenvalue weighted by Crippen LogP contribution is 2.24. The van der Waals surface area contributed by atoms with E-state index < -0.39 is 21.8 Å². The number of carbonyl (C=O) groups is 1. The first-order chi connectivity index (χ1) is 13.4. The van der Waals surface area contributed by atoms with Crippen LogP contribution >= 0.6 is 11.8 Å². The van der Waals surface area contributed by atoms with E-state index in [1.165, 1.54) is 28.6 Å². The van der Waals surface area contributed by atoms with Gasteiger partial charge in [0.1, 0.15) is 5.82 Å². The number of nitrogens with zero attached hydrogens (tertiary/aromatic N) is 1. The van der Waals surface area contributed by atoms with Gasteiger partial charge in [-0.1, -0.05) is 18.2 Å². The number of nitrogens with one attached hydrogen (secondary N) is 1. The number of rotatable bonds is 6. The number of amides is 1. The zero-order valence-corrected chi connectivity index (χ0v) is 17.2. The first-order valence-corrected chi connectivity index (χ1v) is 11.9. The topological polar surface area (TPSA) is 66.5 Å². The number of benzene rings is 2. The first kappa shape index (κ1) is 20.8. The van der Waals surface area contributed by atoms with Gasteiger partial charge >= 0.3 is 0 Å². The van der Waals surface area contributed by atoms with Gasteiger partial charge in [0.2, 0.25) is 15.9 Å². The van der Waals surface area contributed by atoms with Crippen LogP contribution < -0.4 is 5.32 Å². The van der Waals surface area contributed by atoms with Crippen LogP contribution in [0, 0.1) is 11.7 Å². The van der Waals surface area contributed by atoms with E-state index in [2.05, 4.69) is 5.32 Å². The van der Waals surface area contributed by atoms with Gasteiger partial charge in [0.25, 0.3) is 0 Å². The van der Waals surface area contributed by atoms with Crippen molar-refractivity contribution in [2.75, 3.05) is 24.7 Å². The van der Waals surface area contributed by atoms with Crippen molar-refractivity contribution in [1.82, 2.24) is 4.31 Å². The van der Waals surface area contributed by atoms with E-state index in [1.54, 1.807) is 11.8 Å². The minimum Gasteiger partial charge on any atom is -0.326 e. The predicted octanol–water partition coefficient (Wildman–Crippen LogP) is 3.73. The van der Waals surface area contributed by atoms with Gasteiger partial charge in [0, 0.05) is 23.7 Å². The van der Waals surface area contributed by atoms with Gasteiger partial charge in [-0.05, 0) is 55.0 Å². The summed E-state index contributed by atoms with van der Waals surface area (Å²) in [5, 5.41) is 2.90. The molecule has 0 aliphatic carbocycles. The number of hydrogen-bond acceptors (Lipinski definition) is 4. The van der Waals surface area contributed by atoms with Crippen molar-refractivity contribution in [2.24, 2.45) is 5.92 Å². The quantitative estimate of drug-likeness (QED) is 0.721. The molecule has 1 aliphatic rings. The SMILES string of the molecule is CSc1cccc(NC(=O)[C@H]2CCCN(S(=O)(=O)Cc3ccc(F)cc3)C2)c1. The zero-order valence-electron chi connectivity index (χ0n) is 15.6. The molecule has 3 rings (SSSR count). The van der Waals surface area contributed by atoms with Crippen molar-refractivity contribution in [1.29, 1.82) is 0 Å². The molecule has 1 fully saturated rings. The zero-order chi connectivity index (χ0) is 20.1. The lowest BCUT2D eigenvalue weighted by Crippen LogP contribution is -2.44. The Hall–Kier alpha value is -1.90. The first-order valence-electron chi connectivity index (χ1n) is 9.04. The Bertz CT molecular complexity index is 933. The van der Waals surface area contributed by atoms with Crippen LogP contribution in [0.5, 0.6) is 0 Å². The minimum atomic E-state index is -3.57. The maximum absolute atomic E-state index is 13.0. The third-order valence-corrected chi connectivity index (χ3v) is 7.29. The van der Waals surface area contributed by atoms with E-state index in [-0.39, 0.29) is 18.2 Å². The normalized spacial score (nSPS) is 18.0. The van der Waals surface area contributed by atoms with Crippen molar-refractivity contribution in [3.63, 3.8) is 0 Å². The molecule has 0 bridgehead atoms. The molecule has 0 saturated carbocycles. The van der Waals surface area contributed by atoms with E-state index in [1.807, 2.05) is 30.5 Å². The summed E-state index contributed by atoms with van der Waals surface area (Å²) in [5.41, 5.74) is 1.24. The smallest absolute Gasteiger partial charge is 0.228 e. The maximum atomic E-state index is 13.0. The molecule has 0 spiro atoms. The Morgan fingerprint density at radius 1 is 1.25 bits per heavy atom. The molecule has 0 unspecified atom stereocenters. The van der Waals surface area contributed by atoms with Gasteiger partial charge in [0.05, 0.1) is 11.7 Å². The average Bonchev–Trinajstić information content (AvgIpc) is 2.70. The molecule has 1 heterocycles. The summed E-state index contributed by atoms with van der Waals surface area (Å²) in [5.74, 6) is -1.16. The van der Waals surface area contributed by atoms with Crippen LogP contribution in [0.25, 0.3) is 0 Å². The van der Waals surface area contributed by atoms with E-state index in [4.69, 9.17) is 0 Å². The highest BCUT2D eigenvalue weighted by Gasteiger charge is 2.32. The molecule has 1 atom stereocenters. The minimum absolute atomic E-state index is 0.164. The number of thioether (sulfide) groups is 1. The summed E-state index contributed by atoms with van der Waals surface area (Å²) >= 11 is 1.59. The van der Waals surface area contributed by atoms with Crippen LogP contribution in [0.1, 0.15) is 18.4 Å². The highest BCUT2D eigenvalue weighted by molar-refractivity contribution is 7.98. The van der Waals surface area contributed by atoms with Gasteiger partial charge in [0.15, 0.2) is 0 Å². The molecule has 8 heteroatoms. The Morgan fingerprint density at radius 2 is 2.00 bits per heavy atom. The Morgan fingerprint density at radius 3 is 2.71 bits per heavy atom. The third-order valence-electron chi connectivity index (χ3n) is 4.75. The number of carbonyl (C=O) groups excluding carboxylic acids is 1. The monoisotopic (exact) mass is 422 g/mol. The molecule has 1 N–H and O–H groups in total. The Kier molecular flexibility index (Phi) is 6.74. The van der Waals surface area contributed by atoms with E-state index >= 15 is 0 Å². The molecule has 0 aromatic heterocycles. The Labute approximate surface area is 169 Å². The van der Waals surface area contributed by atoms with Crippen molar-refractivity contribution >= 4 is 33.4 Å². The summed E-state index contributed by atoms with van der Waals surface area (Å²) in [4.78, 5) is 13.7. The molecule has 150 valence electrons. The van der Waals surface area contributed by atoms with Crippen LogP contribution in [-0.2, 0) is 20.6 Å². The summed E-state index contributed by atoms with van der Waals surface area (Å²) < 4.78 is 39.9. The predicted molar refractivity (Wildman–Crippen MR) is 110 cm³/mol. The average molecular weight is 423 g/mol. The Balaban J connectivity index is 1.65. The van der Waals surface area contributed by atoms with Crippen molar-refractivity contribution in [3.8, 4) is 0 Å². The fourth-order valence-electron chi connectivity index (χ4n) is 3.24. The number of anilines is 1. The number of hydrogen-bond donors (Lipinski definition) is 1. The molecule has 5 nitrogen and oxygen atoms in total. The van der Waals surface area contributed by atoms with E-state index in [0.29, 0.717) is 30.6 Å². The van der Waals surface area contributed by atoms with Gasteiger partial charge in [-0.25, -0.2) is 17.1 Å². The van der Waals surface area contributed by atoms with Gasteiger partial charge in [-0.15, -0.1) is 11.8 Å². The standard InChI is InChI=1S/C20H23FN2O3S2/c1-27-19-6-2-5-18(12-19)22-20(24)16-4-3-11-23(13-16)28(25,26)14-15-7-9-17(21)10-8-15/h2,5-10,12,16H,3-4,11,13-14H2,1H3,(H,22,24)/t16-/m0/s1. The molecular formula is C20H23FN2O3S2. The van der Waals surface area contributed by atoms with Crippen LogP contribution in [0.3, 0.4) is 0 Å². The third kappa shape index (κ3) is 5.33. The molecule has 1 amide bonds. The lowest BCUT2D eigenvalue weighted by molar-refractivity contribution is -0.120. The van der Waals surface area contributed by atoms with Crippen LogP contribution in [0.15, 0.2) is 53.4 Å². The van der Waals surface area contributed by atoms with Crippen molar-refractivity contribution in [2.45, 2.75) is 23.5 Å². The van der Waals surface area contributed by atoms with Crippen LogP contribution in [-0.4, -0.2) is 38.0 Å². The second-order valence-electron chi connectivity index (χ2n) is 6.80. The van der Waals surface area contributed by atoms with E-state index in [9.17, 15) is 17.6 Å². The summed E-state index contributed by atoms with van der Waals surface area (Å²) in [7, 11) is -3.57. The van der Waals surface area contributed by atoms with E-state index in [0.717, 1.165) is 4.90 Å². The molecule has 0 radical (unpaired) electrons. The summed E-state index contributed by atoms with van der Waals surface area (Å²) in [6.07, 6.45) is 3.24. The van der Waals surface area contributed by atoms with Crippen molar-refractivity contribution in [3.05, 3.63) is 59.9 Å². The molecule has 2 aromatic carbocycles. The number of sulfonamides is 1. The van der Waals surface area contributed by atoms with Gasteiger partial charge < -0.3 is 5.32 Å². The summed E-state index contributed by atoms with van der Waals surface area (Å²) in [6.45, 7) is 0.562. The lowest BCUT2D eigenvalue weighted by atomic mass is 9.99. The maximum Gasteiger partial charge on any atom is 0.228 e. The molecule has 1 aliphatic heterocycles. The van der Waals surface area contributed by atoms with Gasteiger partial charge in [-0.2, -0.15) is 0 Å². The fraction of sp³-hybridized carbons (Fsp3) is 0.350. The number of piperidine rings is 1. The molecular weight excluding hydrogens is 399 g/mol. The fourth-order valence-corrected chi connectivity index (χ4v) is 5.31. The van der Waals surface area contributed by atoms with Crippen molar-refractivity contribution < 1.29 is 17.6 Å². The molecule has 2 aromatic rings. The molecule has 28 heavy (non-hydrogen) atoms. The second kappa shape index (κ2) is 9.07. The lowest BCUT2D eigenvalue weighted by Gasteiger charge is -2.31.